The van der Waals surface area contributed by atoms with Crippen LogP contribution in [0, 0.1) is 0 Å². The van der Waals surface area contributed by atoms with Crippen LogP contribution in [0.25, 0.3) is 0 Å². The van der Waals surface area contributed by atoms with Gasteiger partial charge in [0.1, 0.15) is 0 Å². The molecule has 0 bridgehead atoms. The lowest BCUT2D eigenvalue weighted by Gasteiger charge is -2.09. The van der Waals surface area contributed by atoms with Crippen LogP contribution < -0.4 is 0 Å². The van der Waals surface area contributed by atoms with E-state index in [0.717, 1.165) is 19.3 Å². The minimum Gasteiger partial charge on any atom is -0.0620 e. The standard InChI is InChI=1S/C21H18/c1-2-8-17-14-19-10-5-6-12-21(19)15-20-11-4-3-9-18(20)13-16(17)7-1/h1-12H,13-15H2/i1D,4D,5D. The van der Waals surface area contributed by atoms with Gasteiger partial charge in [0.15, 0.2) is 0 Å². The van der Waals surface area contributed by atoms with E-state index in [9.17, 15) is 0 Å². The summed E-state index contributed by atoms with van der Waals surface area (Å²) in [7, 11) is 0. The van der Waals surface area contributed by atoms with Crippen molar-refractivity contribution in [3.63, 3.8) is 0 Å². The smallest absolute Gasteiger partial charge is 0.0620 e. The summed E-state index contributed by atoms with van der Waals surface area (Å²) in [5.41, 5.74) is 7.18. The predicted molar refractivity (Wildman–Crippen MR) is 87.7 cm³/mol. The summed E-state index contributed by atoms with van der Waals surface area (Å²) in [6.07, 6.45) is 2.37. The molecule has 21 heavy (non-hydrogen) atoms. The Hall–Kier alpha value is -2.34. The van der Waals surface area contributed by atoms with Gasteiger partial charge in [-0.2, -0.15) is 0 Å². The molecule has 0 unspecified atom stereocenters. The van der Waals surface area contributed by atoms with E-state index >= 15 is 0 Å². The second kappa shape index (κ2) is 5.21. The molecule has 0 heterocycles. The Morgan fingerprint density at radius 2 is 0.762 bits per heavy atom. The van der Waals surface area contributed by atoms with Crippen molar-refractivity contribution in [2.24, 2.45) is 0 Å². The van der Waals surface area contributed by atoms with E-state index in [4.69, 9.17) is 4.11 Å². The third kappa shape index (κ3) is 2.38. The van der Waals surface area contributed by atoms with Crippen LogP contribution in [-0.2, 0) is 19.3 Å². The maximum atomic E-state index is 7.95. The van der Waals surface area contributed by atoms with Gasteiger partial charge in [-0.05, 0) is 52.6 Å². The number of hydrogen-bond acceptors (Lipinski definition) is 0. The molecule has 0 atom stereocenters. The Kier molecular flexibility index (Phi) is 2.38. The van der Waals surface area contributed by atoms with Crippen LogP contribution >= 0.6 is 0 Å². The molecule has 0 spiro atoms. The van der Waals surface area contributed by atoms with Crippen LogP contribution in [-0.4, -0.2) is 0 Å². The van der Waals surface area contributed by atoms with Crippen molar-refractivity contribution in [1.82, 2.24) is 0 Å². The van der Waals surface area contributed by atoms with Crippen molar-refractivity contribution in [3.05, 3.63) is 106 Å². The van der Waals surface area contributed by atoms with Crippen molar-refractivity contribution in [3.8, 4) is 0 Å². The molecule has 0 amide bonds. The Morgan fingerprint density at radius 1 is 0.476 bits per heavy atom. The first-order valence-corrected chi connectivity index (χ1v) is 7.34. The summed E-state index contributed by atoms with van der Waals surface area (Å²) in [5, 5.41) is 0. The fraction of sp³-hybridized carbons (Fsp3) is 0.143. The Morgan fingerprint density at radius 3 is 1.10 bits per heavy atom. The molecule has 0 saturated heterocycles. The van der Waals surface area contributed by atoms with Crippen molar-refractivity contribution >= 4 is 0 Å². The van der Waals surface area contributed by atoms with E-state index in [2.05, 4.69) is 0 Å². The second-order valence-corrected chi connectivity index (χ2v) is 5.61. The van der Waals surface area contributed by atoms with Gasteiger partial charge in [0.2, 0.25) is 0 Å². The molecule has 0 aliphatic heterocycles. The number of hydrogen-bond donors (Lipinski definition) is 0. The van der Waals surface area contributed by atoms with Gasteiger partial charge in [0, 0.05) is 0 Å². The van der Waals surface area contributed by atoms with E-state index in [1.54, 1.807) is 0 Å². The first kappa shape index (κ1) is 9.57. The molecule has 3 aromatic carbocycles. The Bertz CT molecular complexity index is 806. The van der Waals surface area contributed by atoms with Crippen molar-refractivity contribution in [2.45, 2.75) is 19.3 Å². The molecule has 0 nitrogen and oxygen atoms in total. The Labute approximate surface area is 130 Å². The Balaban J connectivity index is 1.95. The molecule has 1 aliphatic rings. The molecule has 4 rings (SSSR count). The van der Waals surface area contributed by atoms with Gasteiger partial charge in [-0.1, -0.05) is 72.7 Å². The van der Waals surface area contributed by atoms with E-state index in [1.807, 2.05) is 54.6 Å². The molecule has 102 valence electrons. The summed E-state index contributed by atoms with van der Waals surface area (Å²) in [4.78, 5) is 0. The van der Waals surface area contributed by atoms with Crippen LogP contribution in [0.4, 0.5) is 0 Å². The SMILES string of the molecule is [2H]c1ccc2c(c1)Cc1ccc([2H])cc1Cc1ccc([2H])cc1C2. The predicted octanol–water partition coefficient (Wildman–Crippen LogP) is 4.77. The molecule has 3 aromatic rings. The molecule has 1 aliphatic carbocycles. The quantitative estimate of drug-likeness (QED) is 0.433. The largest absolute Gasteiger partial charge is 0.0623 e. The van der Waals surface area contributed by atoms with E-state index in [1.165, 1.54) is 33.4 Å². The summed E-state index contributed by atoms with van der Waals surface area (Å²) in [6, 6.07) is 19.1. The normalized spacial score (nSPS) is 15.1. The third-order valence-electron chi connectivity index (χ3n) is 4.29. The summed E-state index contributed by atoms with van der Waals surface area (Å²) >= 11 is 0. The highest BCUT2D eigenvalue weighted by Crippen LogP contribution is 2.26. The number of rotatable bonds is 0. The highest BCUT2D eigenvalue weighted by Gasteiger charge is 2.13. The fourth-order valence-electron chi connectivity index (χ4n) is 3.12. The molecule has 0 radical (unpaired) electrons. The van der Waals surface area contributed by atoms with Gasteiger partial charge >= 0.3 is 0 Å². The highest BCUT2D eigenvalue weighted by atomic mass is 14.2. The second-order valence-electron chi connectivity index (χ2n) is 5.61. The lowest BCUT2D eigenvalue weighted by Crippen LogP contribution is -1.96. The van der Waals surface area contributed by atoms with Crippen LogP contribution in [0.15, 0.2) is 72.7 Å². The van der Waals surface area contributed by atoms with Crippen LogP contribution in [0.5, 0.6) is 0 Å². The molecular formula is C21H18. The first-order chi connectivity index (χ1) is 11.6. The van der Waals surface area contributed by atoms with Crippen LogP contribution in [0.3, 0.4) is 0 Å². The van der Waals surface area contributed by atoms with Crippen LogP contribution in [0.1, 0.15) is 37.5 Å². The van der Waals surface area contributed by atoms with Crippen molar-refractivity contribution < 1.29 is 4.11 Å². The third-order valence-corrected chi connectivity index (χ3v) is 4.29. The highest BCUT2D eigenvalue weighted by molar-refractivity contribution is 5.45. The number of benzene rings is 3. The average molecular weight is 273 g/mol. The van der Waals surface area contributed by atoms with Crippen molar-refractivity contribution in [1.29, 1.82) is 0 Å². The van der Waals surface area contributed by atoms with Gasteiger partial charge < -0.3 is 0 Å². The van der Waals surface area contributed by atoms with Crippen molar-refractivity contribution in [2.75, 3.05) is 0 Å². The van der Waals surface area contributed by atoms with Gasteiger partial charge in [0.25, 0.3) is 0 Å². The average Bonchev–Trinajstić information content (AvgIpc) is 2.60. The van der Waals surface area contributed by atoms with E-state index < -0.39 is 0 Å². The van der Waals surface area contributed by atoms with Crippen LogP contribution in [0.2, 0.25) is 0 Å². The molecule has 0 heteroatoms. The molecule has 0 aromatic heterocycles. The zero-order valence-corrected chi connectivity index (χ0v) is 11.8. The molecule has 0 N–H and O–H groups in total. The maximum absolute atomic E-state index is 7.95. The van der Waals surface area contributed by atoms with Gasteiger partial charge in [-0.3, -0.25) is 0 Å². The summed E-state index contributed by atoms with van der Waals surface area (Å²) in [5.74, 6) is 0. The maximum Gasteiger partial charge on any atom is 0.0623 e. The summed E-state index contributed by atoms with van der Waals surface area (Å²) in [6.45, 7) is 0. The van der Waals surface area contributed by atoms with Gasteiger partial charge in [0.05, 0.1) is 4.11 Å². The number of fused-ring (bicyclic) bond motifs is 3. The molecular weight excluding hydrogens is 252 g/mol. The lowest BCUT2D eigenvalue weighted by atomic mass is 9.95. The lowest BCUT2D eigenvalue weighted by molar-refractivity contribution is 1.09. The summed E-state index contributed by atoms with van der Waals surface area (Å²) < 4.78 is 23.9. The van der Waals surface area contributed by atoms with Gasteiger partial charge in [-0.25, -0.2) is 0 Å². The monoisotopic (exact) mass is 273 g/mol. The minimum absolute atomic E-state index is 0.529. The minimum atomic E-state index is 0.529. The molecule has 0 saturated carbocycles. The molecule has 0 fully saturated rings. The zero-order valence-electron chi connectivity index (χ0n) is 14.8. The first-order valence-electron chi connectivity index (χ1n) is 8.84. The van der Waals surface area contributed by atoms with E-state index in [-0.39, 0.29) is 0 Å². The fourth-order valence-corrected chi connectivity index (χ4v) is 3.12. The van der Waals surface area contributed by atoms with Gasteiger partial charge in [-0.15, -0.1) is 0 Å². The van der Waals surface area contributed by atoms with E-state index in [0.29, 0.717) is 18.1 Å². The zero-order chi connectivity index (χ0) is 16.7. The topological polar surface area (TPSA) is 0 Å².